The summed E-state index contributed by atoms with van der Waals surface area (Å²) in [4.78, 5) is 2.64. The molecule has 3 aromatic heterocycles. The van der Waals surface area contributed by atoms with Crippen molar-refractivity contribution in [2.45, 2.75) is 78.6 Å². The molecule has 0 aliphatic carbocycles. The van der Waals surface area contributed by atoms with E-state index in [1.54, 1.807) is 0 Å². The number of aromatic nitrogens is 1. The van der Waals surface area contributed by atoms with E-state index in [0.29, 0.717) is 0 Å². The van der Waals surface area contributed by atoms with Crippen molar-refractivity contribution in [2.75, 3.05) is 4.81 Å². The van der Waals surface area contributed by atoms with Crippen molar-refractivity contribution in [1.82, 2.24) is 4.57 Å². The lowest BCUT2D eigenvalue weighted by Crippen LogP contribution is -2.60. The third-order valence-corrected chi connectivity index (χ3v) is 13.4. The van der Waals surface area contributed by atoms with Gasteiger partial charge in [-0.1, -0.05) is 129 Å². The fourth-order valence-electron chi connectivity index (χ4n) is 10.3. The minimum Gasteiger partial charge on any atom is -0.456 e. The number of fused-ring (bicyclic) bond motifs is 16. The van der Waals surface area contributed by atoms with Crippen LogP contribution >= 0.6 is 0 Å². The molecule has 0 unspecified atom stereocenters. The fraction of sp³-hybridized carbons (Fsp3) is 0.222. The highest BCUT2D eigenvalue weighted by Crippen LogP contribution is 2.52. The Morgan fingerprint density at radius 1 is 0.492 bits per heavy atom. The molecular weight excluding hydrogens is 719 g/mol. The Kier molecular flexibility index (Phi) is 6.66. The number of hydrogen-bond acceptors (Lipinski definition) is 3. The van der Waals surface area contributed by atoms with Crippen molar-refractivity contribution in [3.63, 3.8) is 0 Å². The number of nitrogens with zero attached hydrogens (tertiary/aromatic N) is 2. The lowest BCUT2D eigenvalue weighted by Gasteiger charge is -2.43. The van der Waals surface area contributed by atoms with Gasteiger partial charge >= 0.3 is 6.85 Å². The van der Waals surface area contributed by atoms with Crippen LogP contribution in [0.4, 0.5) is 11.4 Å². The predicted molar refractivity (Wildman–Crippen MR) is 250 cm³/mol. The Labute approximate surface area is 345 Å². The van der Waals surface area contributed by atoms with Gasteiger partial charge in [0.25, 0.3) is 0 Å². The van der Waals surface area contributed by atoms with Crippen LogP contribution < -0.4 is 15.7 Å². The van der Waals surface area contributed by atoms with Crippen LogP contribution in [0.25, 0.3) is 82.5 Å². The van der Waals surface area contributed by atoms with Crippen LogP contribution in [0.2, 0.25) is 0 Å². The van der Waals surface area contributed by atoms with Gasteiger partial charge in [-0.15, -0.1) is 0 Å². The van der Waals surface area contributed by atoms with Crippen molar-refractivity contribution in [3.8, 4) is 16.8 Å². The van der Waals surface area contributed by atoms with E-state index >= 15 is 0 Å². The summed E-state index contributed by atoms with van der Waals surface area (Å²) in [6, 6.07) is 45.5. The first kappa shape index (κ1) is 34.8. The molecule has 0 radical (unpaired) electrons. The van der Waals surface area contributed by atoms with E-state index in [1.165, 1.54) is 77.5 Å². The van der Waals surface area contributed by atoms with Gasteiger partial charge in [-0.05, 0) is 92.4 Å². The maximum Gasteiger partial charge on any atom is 0.333 e. The van der Waals surface area contributed by atoms with Gasteiger partial charge in [-0.2, -0.15) is 0 Å². The molecular formula is C54H47BN2O2. The summed E-state index contributed by atoms with van der Waals surface area (Å²) in [7, 11) is 0. The molecule has 59 heavy (non-hydrogen) atoms. The molecule has 5 heterocycles. The van der Waals surface area contributed by atoms with Crippen LogP contribution in [0.3, 0.4) is 0 Å². The summed E-state index contributed by atoms with van der Waals surface area (Å²) in [5.41, 5.74) is 18.5. The van der Waals surface area contributed by atoms with Gasteiger partial charge in [-0.25, -0.2) is 0 Å². The minimum atomic E-state index is -0.128. The molecule has 4 nitrogen and oxygen atoms in total. The largest absolute Gasteiger partial charge is 0.456 e. The molecule has 0 saturated heterocycles. The highest BCUT2D eigenvalue weighted by atomic mass is 16.3. The van der Waals surface area contributed by atoms with E-state index in [0.717, 1.165) is 44.0 Å². The van der Waals surface area contributed by atoms with E-state index in [9.17, 15) is 0 Å². The van der Waals surface area contributed by atoms with Gasteiger partial charge in [0.2, 0.25) is 0 Å². The van der Waals surface area contributed by atoms with Crippen molar-refractivity contribution in [3.05, 3.63) is 138 Å². The molecule has 5 heteroatoms. The topological polar surface area (TPSA) is 34.5 Å². The average molecular weight is 767 g/mol. The van der Waals surface area contributed by atoms with E-state index < -0.39 is 0 Å². The molecule has 0 fully saturated rings. The minimum absolute atomic E-state index is 0.0378. The average Bonchev–Trinajstić information content (AvgIpc) is 3.87. The van der Waals surface area contributed by atoms with Gasteiger partial charge in [0, 0.05) is 66.6 Å². The molecule has 0 atom stereocenters. The Hall–Kier alpha value is -6.20. The Bertz CT molecular complexity index is 3450. The molecule has 10 aromatic rings. The number of furan rings is 2. The molecule has 0 N–H and O–H groups in total. The summed E-state index contributed by atoms with van der Waals surface area (Å²) in [6.45, 7) is 20.7. The first-order valence-electron chi connectivity index (χ1n) is 21.1. The van der Waals surface area contributed by atoms with Crippen LogP contribution in [-0.2, 0) is 16.2 Å². The van der Waals surface area contributed by atoms with Crippen LogP contribution in [0.15, 0.2) is 130 Å². The van der Waals surface area contributed by atoms with Gasteiger partial charge < -0.3 is 18.2 Å². The summed E-state index contributed by atoms with van der Waals surface area (Å²) in [5.74, 6) is 0. The van der Waals surface area contributed by atoms with Gasteiger partial charge in [0.05, 0.1) is 11.0 Å². The zero-order chi connectivity index (χ0) is 40.5. The normalized spacial score (nSPS) is 14.1. The Morgan fingerprint density at radius 2 is 1.10 bits per heavy atom. The zero-order valence-corrected chi connectivity index (χ0v) is 35.3. The third kappa shape index (κ3) is 4.67. The summed E-state index contributed by atoms with van der Waals surface area (Å²) in [5, 5.41) is 7.02. The first-order chi connectivity index (χ1) is 28.2. The fourth-order valence-corrected chi connectivity index (χ4v) is 10.3. The molecule has 0 bridgehead atoms. The summed E-state index contributed by atoms with van der Waals surface area (Å²) < 4.78 is 16.4. The van der Waals surface area contributed by atoms with E-state index in [4.69, 9.17) is 8.83 Å². The van der Waals surface area contributed by atoms with Crippen LogP contribution in [0, 0.1) is 0 Å². The number of benzene rings is 7. The van der Waals surface area contributed by atoms with E-state index in [-0.39, 0.29) is 23.1 Å². The van der Waals surface area contributed by atoms with Crippen molar-refractivity contribution in [1.29, 1.82) is 0 Å². The molecule has 7 aromatic carbocycles. The summed E-state index contributed by atoms with van der Waals surface area (Å²) in [6.07, 6.45) is 0. The molecule has 288 valence electrons. The maximum atomic E-state index is 7.23. The van der Waals surface area contributed by atoms with E-state index in [1.807, 2.05) is 0 Å². The predicted octanol–water partition coefficient (Wildman–Crippen LogP) is 13.7. The number of hydrogen-bond donors (Lipinski definition) is 0. The number of anilines is 2. The van der Waals surface area contributed by atoms with Gasteiger partial charge in [-0.3, -0.25) is 0 Å². The maximum absolute atomic E-state index is 7.23. The smallest absolute Gasteiger partial charge is 0.333 e. The SMILES string of the molecule is CC(C)(C)c1ccc(N2B3c4cc(C(C)(C)C)ccc4-n4c5cc6oc7ccccc7c6cc5c5c6c(oc7ccccc76)c(c3c54)-c3cc(C(C)(C)C)ccc32)cc1. The van der Waals surface area contributed by atoms with E-state index in [2.05, 4.69) is 193 Å². The number of para-hydroxylation sites is 2. The Morgan fingerprint density at radius 3 is 1.80 bits per heavy atom. The molecule has 0 amide bonds. The van der Waals surface area contributed by atoms with Crippen molar-refractivity contribution in [2.24, 2.45) is 0 Å². The van der Waals surface area contributed by atoms with Crippen molar-refractivity contribution >= 4 is 94.8 Å². The van der Waals surface area contributed by atoms with Gasteiger partial charge in [0.1, 0.15) is 22.3 Å². The quantitative estimate of drug-likeness (QED) is 0.156. The van der Waals surface area contributed by atoms with Crippen LogP contribution in [0.5, 0.6) is 0 Å². The molecule has 0 saturated carbocycles. The second-order valence-corrected chi connectivity index (χ2v) is 20.2. The highest BCUT2D eigenvalue weighted by molar-refractivity contribution is 6.94. The standard InChI is InChI=1S/C54H47BN2O2/c1-52(2,3)30-18-22-33(23-19-30)57-40-24-20-31(53(4,5)6)26-37(40)48-49-50-46(47-35-15-11-13-17-44(35)59-51(47)48)38-28-36-34-14-10-12-16-43(34)58-45(36)29-42(38)56(50)41-25-21-32(54(7,8)9)27-39(41)55(49)57/h10-29H,1-9H3. The van der Waals surface area contributed by atoms with Crippen LogP contribution in [0.1, 0.15) is 79.0 Å². The second kappa shape index (κ2) is 11.3. The Balaban J connectivity index is 1.33. The number of rotatable bonds is 1. The lowest BCUT2D eigenvalue weighted by atomic mass is 9.43. The second-order valence-electron chi connectivity index (χ2n) is 20.2. The van der Waals surface area contributed by atoms with Crippen molar-refractivity contribution < 1.29 is 8.83 Å². The summed E-state index contributed by atoms with van der Waals surface area (Å²) >= 11 is 0. The monoisotopic (exact) mass is 766 g/mol. The van der Waals surface area contributed by atoms with Crippen LogP contribution in [-0.4, -0.2) is 11.4 Å². The first-order valence-corrected chi connectivity index (χ1v) is 21.1. The zero-order valence-electron chi connectivity index (χ0n) is 35.3. The van der Waals surface area contributed by atoms with Gasteiger partial charge in [0.15, 0.2) is 0 Å². The molecule has 12 rings (SSSR count). The lowest BCUT2D eigenvalue weighted by molar-refractivity contribution is 0.590. The third-order valence-electron chi connectivity index (χ3n) is 13.4. The highest BCUT2D eigenvalue weighted by Gasteiger charge is 2.46. The molecule has 0 spiro atoms. The molecule has 2 aliphatic rings. The molecule has 2 aliphatic heterocycles.